The molecule has 0 aliphatic heterocycles. The van der Waals surface area contributed by atoms with Gasteiger partial charge in [-0.2, -0.15) is 0 Å². The first-order chi connectivity index (χ1) is 12.6. The second-order valence-corrected chi connectivity index (χ2v) is 7.13. The molecule has 0 saturated carbocycles. The quantitative estimate of drug-likeness (QED) is 0.611. The summed E-state index contributed by atoms with van der Waals surface area (Å²) in [5, 5.41) is 3.45. The minimum absolute atomic E-state index is 0.0624. The first-order valence-electron chi connectivity index (χ1n) is 8.50. The van der Waals surface area contributed by atoms with Crippen molar-refractivity contribution in [1.29, 1.82) is 0 Å². The average Bonchev–Trinajstić information content (AvgIpc) is 3.03. The topological polar surface area (TPSA) is 60.5 Å². The van der Waals surface area contributed by atoms with E-state index in [1.54, 1.807) is 7.11 Å². The number of aromatic nitrogens is 1. The van der Waals surface area contributed by atoms with Crippen molar-refractivity contribution in [2.24, 2.45) is 0 Å². The van der Waals surface area contributed by atoms with Gasteiger partial charge in [-0.15, -0.1) is 0 Å². The molecule has 0 fully saturated rings. The number of carbonyl (C=O) groups is 1. The molecule has 0 bridgehead atoms. The summed E-state index contributed by atoms with van der Waals surface area (Å²) >= 11 is 1.44. The van der Waals surface area contributed by atoms with Gasteiger partial charge in [0.05, 0.1) is 18.4 Å². The molecule has 0 aliphatic carbocycles. The molecule has 1 N–H and O–H groups in total. The number of rotatable bonds is 7. The zero-order valence-corrected chi connectivity index (χ0v) is 16.0. The lowest BCUT2D eigenvalue weighted by molar-refractivity contribution is -0.116. The van der Waals surface area contributed by atoms with Gasteiger partial charge in [-0.25, -0.2) is 4.98 Å². The predicted octanol–water partition coefficient (Wildman–Crippen LogP) is 4.72. The van der Waals surface area contributed by atoms with Gasteiger partial charge in [-0.3, -0.25) is 4.79 Å². The van der Waals surface area contributed by atoms with Crippen molar-refractivity contribution in [3.8, 4) is 11.5 Å². The number of amides is 1. The first-order valence-corrected chi connectivity index (χ1v) is 9.32. The lowest BCUT2D eigenvalue weighted by Crippen LogP contribution is -2.12. The second kappa shape index (κ2) is 8.19. The molecule has 0 unspecified atom stereocenters. The molecule has 0 atom stereocenters. The van der Waals surface area contributed by atoms with Crippen LogP contribution in [0.5, 0.6) is 11.5 Å². The van der Waals surface area contributed by atoms with Gasteiger partial charge in [0, 0.05) is 6.42 Å². The fraction of sp³-hybridized carbons (Fsp3) is 0.300. The number of nitrogens with one attached hydrogen (secondary N) is 1. The Bertz CT molecular complexity index is 921. The van der Waals surface area contributed by atoms with Gasteiger partial charge in [-0.1, -0.05) is 29.5 Å². The van der Waals surface area contributed by atoms with Gasteiger partial charge in [-0.05, 0) is 49.6 Å². The van der Waals surface area contributed by atoms with Gasteiger partial charge < -0.3 is 14.8 Å². The summed E-state index contributed by atoms with van der Waals surface area (Å²) in [5.41, 5.74) is 3.03. The Balaban J connectivity index is 1.51. The van der Waals surface area contributed by atoms with Crippen LogP contribution >= 0.6 is 11.3 Å². The molecule has 0 saturated heterocycles. The Morgan fingerprint density at radius 2 is 2.04 bits per heavy atom. The molecule has 136 valence electrons. The van der Waals surface area contributed by atoms with Crippen LogP contribution in [0.1, 0.15) is 24.0 Å². The average molecular weight is 370 g/mol. The Labute approximate surface area is 157 Å². The lowest BCUT2D eigenvalue weighted by Gasteiger charge is -2.09. The highest BCUT2D eigenvalue weighted by atomic mass is 32.1. The Kier molecular flexibility index (Phi) is 5.73. The third-order valence-electron chi connectivity index (χ3n) is 4.00. The number of hydrogen-bond acceptors (Lipinski definition) is 5. The summed E-state index contributed by atoms with van der Waals surface area (Å²) < 4.78 is 12.1. The Hall–Kier alpha value is -2.60. The maximum absolute atomic E-state index is 12.1. The third kappa shape index (κ3) is 4.32. The maximum Gasteiger partial charge on any atom is 0.226 e. The standard InChI is InChI=1S/C20H22N2O3S/c1-13-9-10-14(2)16(12-13)25-11-5-8-18(23)21-20-22-19-15(24-3)6-4-7-17(19)26-20/h4,6-7,9-10,12H,5,8,11H2,1-3H3,(H,21,22,23). The summed E-state index contributed by atoms with van der Waals surface area (Å²) in [7, 11) is 1.61. The Morgan fingerprint density at radius 1 is 1.19 bits per heavy atom. The SMILES string of the molecule is COc1cccc2sc(NC(=O)CCCOc3cc(C)ccc3C)nc12. The molecule has 5 nitrogen and oxygen atoms in total. The first kappa shape index (κ1) is 18.2. The molecule has 1 aromatic heterocycles. The van der Waals surface area contributed by atoms with Crippen LogP contribution < -0.4 is 14.8 Å². The molecular weight excluding hydrogens is 348 g/mol. The molecule has 0 radical (unpaired) electrons. The molecule has 2 aromatic carbocycles. The van der Waals surface area contributed by atoms with Crippen molar-refractivity contribution >= 4 is 32.6 Å². The summed E-state index contributed by atoms with van der Waals surface area (Å²) in [6.07, 6.45) is 1.03. The zero-order chi connectivity index (χ0) is 18.5. The molecule has 1 heterocycles. The number of methoxy groups -OCH3 is 1. The summed E-state index contributed by atoms with van der Waals surface area (Å²) in [5.74, 6) is 1.53. The summed E-state index contributed by atoms with van der Waals surface area (Å²) in [6, 6.07) is 11.8. The van der Waals surface area contributed by atoms with Crippen LogP contribution in [0.4, 0.5) is 5.13 Å². The van der Waals surface area contributed by atoms with Crippen LogP contribution in [0.3, 0.4) is 0 Å². The molecule has 6 heteroatoms. The van der Waals surface area contributed by atoms with Crippen molar-refractivity contribution in [2.45, 2.75) is 26.7 Å². The van der Waals surface area contributed by atoms with Gasteiger partial charge >= 0.3 is 0 Å². The van der Waals surface area contributed by atoms with Crippen molar-refractivity contribution in [3.63, 3.8) is 0 Å². The van der Waals surface area contributed by atoms with Crippen LogP contribution in [0, 0.1) is 13.8 Å². The largest absolute Gasteiger partial charge is 0.494 e. The highest BCUT2D eigenvalue weighted by Gasteiger charge is 2.11. The molecular formula is C20H22N2O3S. The van der Waals surface area contributed by atoms with E-state index in [1.165, 1.54) is 11.3 Å². The molecule has 3 rings (SSSR count). The predicted molar refractivity (Wildman–Crippen MR) is 105 cm³/mol. The van der Waals surface area contributed by atoms with E-state index >= 15 is 0 Å². The second-order valence-electron chi connectivity index (χ2n) is 6.10. The fourth-order valence-electron chi connectivity index (χ4n) is 2.60. The van der Waals surface area contributed by atoms with Crippen LogP contribution in [0.25, 0.3) is 10.2 Å². The number of benzene rings is 2. The van der Waals surface area contributed by atoms with Crippen molar-refractivity contribution < 1.29 is 14.3 Å². The fourth-order valence-corrected chi connectivity index (χ4v) is 3.50. The van der Waals surface area contributed by atoms with E-state index < -0.39 is 0 Å². The monoisotopic (exact) mass is 370 g/mol. The van der Waals surface area contributed by atoms with Crippen molar-refractivity contribution in [2.75, 3.05) is 19.0 Å². The normalized spacial score (nSPS) is 10.7. The van der Waals surface area contributed by atoms with E-state index in [1.807, 2.05) is 44.2 Å². The number of aryl methyl sites for hydroxylation is 2. The van der Waals surface area contributed by atoms with E-state index in [0.717, 1.165) is 27.1 Å². The van der Waals surface area contributed by atoms with Crippen LogP contribution in [0.2, 0.25) is 0 Å². The van der Waals surface area contributed by atoms with Gasteiger partial charge in [0.15, 0.2) is 5.13 Å². The van der Waals surface area contributed by atoms with Crippen LogP contribution in [-0.2, 0) is 4.79 Å². The Morgan fingerprint density at radius 3 is 2.85 bits per heavy atom. The van der Waals surface area contributed by atoms with Crippen LogP contribution in [0.15, 0.2) is 36.4 Å². The number of fused-ring (bicyclic) bond motifs is 1. The maximum atomic E-state index is 12.1. The number of ether oxygens (including phenoxy) is 2. The third-order valence-corrected chi connectivity index (χ3v) is 4.93. The number of anilines is 1. The molecule has 0 aliphatic rings. The van der Waals surface area contributed by atoms with Gasteiger partial charge in [0.2, 0.25) is 5.91 Å². The summed E-state index contributed by atoms with van der Waals surface area (Å²) in [6.45, 7) is 4.56. The molecule has 26 heavy (non-hydrogen) atoms. The van der Waals surface area contributed by atoms with Crippen LogP contribution in [-0.4, -0.2) is 24.6 Å². The summed E-state index contributed by atoms with van der Waals surface area (Å²) in [4.78, 5) is 16.6. The number of carbonyl (C=O) groups excluding carboxylic acids is 1. The highest BCUT2D eigenvalue weighted by molar-refractivity contribution is 7.22. The number of nitrogens with zero attached hydrogens (tertiary/aromatic N) is 1. The minimum Gasteiger partial charge on any atom is -0.494 e. The van der Waals surface area contributed by atoms with Gasteiger partial charge in [0.25, 0.3) is 0 Å². The number of para-hydroxylation sites is 1. The molecule has 3 aromatic rings. The highest BCUT2D eigenvalue weighted by Crippen LogP contribution is 2.32. The zero-order valence-electron chi connectivity index (χ0n) is 15.2. The van der Waals surface area contributed by atoms with E-state index in [9.17, 15) is 4.79 Å². The molecule has 1 amide bonds. The van der Waals surface area contributed by atoms with E-state index in [-0.39, 0.29) is 5.91 Å². The van der Waals surface area contributed by atoms with E-state index in [0.29, 0.717) is 30.3 Å². The minimum atomic E-state index is -0.0624. The smallest absolute Gasteiger partial charge is 0.226 e. The van der Waals surface area contributed by atoms with Gasteiger partial charge in [0.1, 0.15) is 17.0 Å². The number of hydrogen-bond donors (Lipinski definition) is 1. The number of thiazole rings is 1. The van der Waals surface area contributed by atoms with Crippen molar-refractivity contribution in [1.82, 2.24) is 4.98 Å². The van der Waals surface area contributed by atoms with E-state index in [2.05, 4.69) is 16.4 Å². The van der Waals surface area contributed by atoms with E-state index in [4.69, 9.17) is 9.47 Å². The molecule has 0 spiro atoms. The van der Waals surface area contributed by atoms with Crippen molar-refractivity contribution in [3.05, 3.63) is 47.5 Å². The lowest BCUT2D eigenvalue weighted by atomic mass is 10.1.